The van der Waals surface area contributed by atoms with Crippen molar-refractivity contribution in [3.05, 3.63) is 54.6 Å². The van der Waals surface area contributed by atoms with Gasteiger partial charge >= 0.3 is 0 Å². The van der Waals surface area contributed by atoms with Crippen LogP contribution in [-0.2, 0) is 4.79 Å². The molecule has 0 N–H and O–H groups in total. The van der Waals surface area contributed by atoms with Crippen LogP contribution >= 0.6 is 11.8 Å². The van der Waals surface area contributed by atoms with Gasteiger partial charge in [-0.25, -0.2) is 0 Å². The second-order valence-electron chi connectivity index (χ2n) is 6.94. The van der Waals surface area contributed by atoms with Crippen LogP contribution in [0.5, 0.6) is 5.75 Å². The molecule has 6 nitrogen and oxygen atoms in total. The van der Waals surface area contributed by atoms with Gasteiger partial charge in [0.2, 0.25) is 5.91 Å². The molecule has 0 unspecified atom stereocenters. The van der Waals surface area contributed by atoms with E-state index in [0.717, 1.165) is 48.8 Å². The summed E-state index contributed by atoms with van der Waals surface area (Å²) in [6.07, 6.45) is 3.40. The smallest absolute Gasteiger partial charge is 0.233 e. The molecule has 1 amide bonds. The van der Waals surface area contributed by atoms with Gasteiger partial charge < -0.3 is 9.64 Å². The summed E-state index contributed by atoms with van der Waals surface area (Å²) in [5, 5.41) is 9.55. The molecule has 3 aromatic rings. The van der Waals surface area contributed by atoms with Gasteiger partial charge in [-0.1, -0.05) is 42.1 Å². The molecule has 7 heteroatoms. The van der Waals surface area contributed by atoms with E-state index < -0.39 is 0 Å². The summed E-state index contributed by atoms with van der Waals surface area (Å²) in [6.45, 7) is 1.72. The minimum Gasteiger partial charge on any atom is -0.497 e. The topological polar surface area (TPSA) is 60.3 Å². The van der Waals surface area contributed by atoms with Crippen LogP contribution in [0, 0.1) is 0 Å². The number of aromatic nitrogens is 3. The maximum Gasteiger partial charge on any atom is 0.233 e. The van der Waals surface area contributed by atoms with E-state index in [1.54, 1.807) is 7.11 Å². The monoisotopic (exact) mass is 408 g/mol. The van der Waals surface area contributed by atoms with Gasteiger partial charge in [0.15, 0.2) is 11.0 Å². The molecule has 0 bridgehead atoms. The lowest BCUT2D eigenvalue weighted by Crippen LogP contribution is -2.36. The summed E-state index contributed by atoms with van der Waals surface area (Å²) in [5.74, 6) is 2.02. The summed E-state index contributed by atoms with van der Waals surface area (Å²) in [5.41, 5.74) is 1.87. The zero-order chi connectivity index (χ0) is 20.1. The van der Waals surface area contributed by atoms with Crippen molar-refractivity contribution in [2.24, 2.45) is 0 Å². The van der Waals surface area contributed by atoms with Crippen LogP contribution in [0.3, 0.4) is 0 Å². The number of thioether (sulfide) groups is 1. The van der Waals surface area contributed by atoms with Crippen molar-refractivity contribution in [2.45, 2.75) is 24.4 Å². The Labute approximate surface area is 174 Å². The van der Waals surface area contributed by atoms with Gasteiger partial charge in [0.1, 0.15) is 5.75 Å². The fraction of sp³-hybridized carbons (Fsp3) is 0.318. The maximum atomic E-state index is 12.6. The third-order valence-corrected chi connectivity index (χ3v) is 5.92. The van der Waals surface area contributed by atoms with Crippen molar-refractivity contribution in [3.63, 3.8) is 0 Å². The predicted molar refractivity (Wildman–Crippen MR) is 115 cm³/mol. The molecule has 29 heavy (non-hydrogen) atoms. The van der Waals surface area contributed by atoms with Crippen LogP contribution in [-0.4, -0.2) is 51.5 Å². The number of para-hydroxylation sites is 1. The Morgan fingerprint density at radius 2 is 1.83 bits per heavy atom. The standard InChI is InChI=1S/C22H24N4O2S/c1-28-19-12-8-9-17(15-19)21-23-24-22(26(21)18-10-4-2-5-11-18)29-16-20(27)25-13-6-3-7-14-25/h2,4-5,8-12,15H,3,6-7,13-14,16H2,1H3. The van der Waals surface area contributed by atoms with Gasteiger partial charge in [0.25, 0.3) is 0 Å². The van der Waals surface area contributed by atoms with Crippen molar-refractivity contribution < 1.29 is 9.53 Å². The molecule has 2 aromatic carbocycles. The van der Waals surface area contributed by atoms with E-state index in [9.17, 15) is 4.79 Å². The lowest BCUT2D eigenvalue weighted by molar-refractivity contribution is -0.129. The molecule has 2 heterocycles. The van der Waals surface area contributed by atoms with Crippen molar-refractivity contribution in [2.75, 3.05) is 26.0 Å². The quantitative estimate of drug-likeness (QED) is 0.576. The van der Waals surface area contributed by atoms with E-state index in [1.165, 1.54) is 18.2 Å². The number of hydrogen-bond donors (Lipinski definition) is 0. The molecule has 1 saturated heterocycles. The SMILES string of the molecule is COc1cccc(-c2nnc(SCC(=O)N3CCCCC3)n2-c2ccccc2)c1. The summed E-state index contributed by atoms with van der Waals surface area (Å²) in [7, 11) is 1.65. The first-order chi connectivity index (χ1) is 14.3. The first-order valence-corrected chi connectivity index (χ1v) is 10.8. The molecule has 0 saturated carbocycles. The lowest BCUT2D eigenvalue weighted by Gasteiger charge is -2.26. The van der Waals surface area contributed by atoms with Crippen LogP contribution in [0.4, 0.5) is 0 Å². The average molecular weight is 409 g/mol. The van der Waals surface area contributed by atoms with Crippen molar-refractivity contribution in [1.29, 1.82) is 0 Å². The second kappa shape index (κ2) is 9.13. The highest BCUT2D eigenvalue weighted by atomic mass is 32.2. The highest BCUT2D eigenvalue weighted by Gasteiger charge is 2.20. The first kappa shape index (κ1) is 19.5. The van der Waals surface area contributed by atoms with Gasteiger partial charge in [0, 0.05) is 24.3 Å². The van der Waals surface area contributed by atoms with Gasteiger partial charge in [0.05, 0.1) is 12.9 Å². The number of rotatable bonds is 6. The number of hydrogen-bond acceptors (Lipinski definition) is 5. The third-order valence-electron chi connectivity index (χ3n) is 5.01. The Morgan fingerprint density at radius 3 is 2.59 bits per heavy atom. The normalized spacial score (nSPS) is 14.0. The largest absolute Gasteiger partial charge is 0.497 e. The zero-order valence-electron chi connectivity index (χ0n) is 16.5. The molecule has 1 fully saturated rings. The molecule has 0 radical (unpaired) electrons. The van der Waals surface area contributed by atoms with Gasteiger partial charge in [-0.05, 0) is 43.5 Å². The molecule has 150 valence electrons. The summed E-state index contributed by atoms with van der Waals surface area (Å²) < 4.78 is 7.36. The molecular formula is C22H24N4O2S. The number of likely N-dealkylation sites (tertiary alicyclic amines) is 1. The first-order valence-electron chi connectivity index (χ1n) is 9.82. The molecule has 1 aliphatic heterocycles. The minimum atomic E-state index is 0.167. The van der Waals surface area contributed by atoms with Crippen molar-refractivity contribution >= 4 is 17.7 Å². The number of carbonyl (C=O) groups excluding carboxylic acids is 1. The maximum absolute atomic E-state index is 12.6. The zero-order valence-corrected chi connectivity index (χ0v) is 17.3. The fourth-order valence-electron chi connectivity index (χ4n) is 3.48. The molecule has 0 atom stereocenters. The number of methoxy groups -OCH3 is 1. The molecule has 0 spiro atoms. The molecule has 1 aromatic heterocycles. The number of carbonyl (C=O) groups is 1. The number of amides is 1. The minimum absolute atomic E-state index is 0.167. The van der Waals surface area contributed by atoms with Crippen LogP contribution in [0.1, 0.15) is 19.3 Å². The molecular weight excluding hydrogens is 384 g/mol. The third kappa shape index (κ3) is 4.45. The van der Waals surface area contributed by atoms with Crippen LogP contribution < -0.4 is 4.74 Å². The van der Waals surface area contributed by atoms with Gasteiger partial charge in [-0.3, -0.25) is 9.36 Å². The van der Waals surface area contributed by atoms with Crippen LogP contribution in [0.2, 0.25) is 0 Å². The molecule has 1 aliphatic rings. The Bertz CT molecular complexity index is 968. The molecule has 0 aliphatic carbocycles. The Balaban J connectivity index is 1.63. The second-order valence-corrected chi connectivity index (χ2v) is 7.88. The number of ether oxygens (including phenoxy) is 1. The van der Waals surface area contributed by atoms with Crippen LogP contribution in [0.15, 0.2) is 59.8 Å². The number of nitrogens with zero attached hydrogens (tertiary/aromatic N) is 4. The summed E-state index contributed by atoms with van der Waals surface area (Å²) in [4.78, 5) is 14.6. The Kier molecular flexibility index (Phi) is 6.14. The number of piperidine rings is 1. The fourth-order valence-corrected chi connectivity index (χ4v) is 4.34. The van der Waals surface area contributed by atoms with E-state index in [2.05, 4.69) is 10.2 Å². The van der Waals surface area contributed by atoms with Gasteiger partial charge in [-0.2, -0.15) is 0 Å². The van der Waals surface area contributed by atoms with Crippen molar-refractivity contribution in [1.82, 2.24) is 19.7 Å². The lowest BCUT2D eigenvalue weighted by atomic mass is 10.1. The summed E-state index contributed by atoms with van der Waals surface area (Å²) in [6, 6.07) is 17.7. The average Bonchev–Trinajstić information content (AvgIpc) is 3.22. The molecule has 4 rings (SSSR count). The van der Waals surface area contributed by atoms with Crippen molar-refractivity contribution in [3.8, 4) is 22.8 Å². The Hall–Kier alpha value is -2.80. The summed E-state index contributed by atoms with van der Waals surface area (Å²) >= 11 is 1.44. The van der Waals surface area contributed by atoms with Crippen LogP contribution in [0.25, 0.3) is 17.1 Å². The van der Waals surface area contributed by atoms with Gasteiger partial charge in [-0.15, -0.1) is 10.2 Å². The van der Waals surface area contributed by atoms with E-state index in [1.807, 2.05) is 64.1 Å². The van der Waals surface area contributed by atoms with E-state index >= 15 is 0 Å². The number of benzene rings is 2. The highest BCUT2D eigenvalue weighted by Crippen LogP contribution is 2.30. The van der Waals surface area contributed by atoms with E-state index in [0.29, 0.717) is 10.9 Å². The van der Waals surface area contributed by atoms with E-state index in [4.69, 9.17) is 4.74 Å². The van der Waals surface area contributed by atoms with E-state index in [-0.39, 0.29) is 5.91 Å². The highest BCUT2D eigenvalue weighted by molar-refractivity contribution is 7.99. The Morgan fingerprint density at radius 1 is 1.03 bits per heavy atom. The predicted octanol–water partition coefficient (Wildman–Crippen LogP) is 4.05.